The molecular formula is C12H20N6O2. The fourth-order valence-corrected chi connectivity index (χ4v) is 2.61. The summed E-state index contributed by atoms with van der Waals surface area (Å²) >= 11 is 0. The Kier molecular flexibility index (Phi) is 3.36. The van der Waals surface area contributed by atoms with Crippen molar-refractivity contribution in [2.75, 3.05) is 26.8 Å². The molecule has 3 heterocycles. The molecule has 8 nitrogen and oxygen atoms in total. The molecule has 0 amide bonds. The van der Waals surface area contributed by atoms with Crippen molar-refractivity contribution < 1.29 is 9.47 Å². The van der Waals surface area contributed by atoms with Crippen LogP contribution in [0.3, 0.4) is 0 Å². The molecule has 0 aromatic heterocycles. The number of hydrogen-bond donors (Lipinski definition) is 2. The maximum absolute atomic E-state index is 6.01. The summed E-state index contributed by atoms with van der Waals surface area (Å²) in [6.45, 7) is 6.28. The fraction of sp³-hybridized carbons (Fsp3) is 0.667. The fourth-order valence-electron chi connectivity index (χ4n) is 2.61. The van der Waals surface area contributed by atoms with Gasteiger partial charge in [-0.3, -0.25) is 0 Å². The first-order chi connectivity index (χ1) is 9.57. The first-order valence-electron chi connectivity index (χ1n) is 6.64. The highest BCUT2D eigenvalue weighted by molar-refractivity contribution is 6.05. The van der Waals surface area contributed by atoms with Crippen molar-refractivity contribution in [3.8, 4) is 0 Å². The van der Waals surface area contributed by atoms with Crippen LogP contribution < -0.4 is 11.1 Å². The standard InChI is InChI=1S/C12H20N6O2/c1-12(2)8-17(6-9(20-12)7-19-3)11-5-4-10-13-15-16-18(10)14-11/h4-5,9,15-16H,6-8H2,1-3H3. The van der Waals surface area contributed by atoms with E-state index < -0.39 is 0 Å². The van der Waals surface area contributed by atoms with E-state index in [1.54, 1.807) is 12.2 Å². The highest BCUT2D eigenvalue weighted by Gasteiger charge is 2.35. The number of nitrogens with one attached hydrogen (secondary N) is 2. The lowest BCUT2D eigenvalue weighted by Crippen LogP contribution is -2.56. The van der Waals surface area contributed by atoms with Crippen molar-refractivity contribution in [2.24, 2.45) is 10.2 Å². The summed E-state index contributed by atoms with van der Waals surface area (Å²) in [5.41, 5.74) is 5.29. The molecule has 8 heteroatoms. The number of hydrazine groups is 2. The number of ether oxygens (including phenoxy) is 2. The molecule has 1 atom stereocenters. The lowest BCUT2D eigenvalue weighted by Gasteiger charge is -2.43. The van der Waals surface area contributed by atoms with Crippen LogP contribution in [0.1, 0.15) is 13.8 Å². The highest BCUT2D eigenvalue weighted by atomic mass is 16.5. The Hall–Kier alpha value is -1.64. The maximum Gasteiger partial charge on any atom is 0.189 e. The number of hydrogen-bond acceptors (Lipinski definition) is 8. The predicted molar refractivity (Wildman–Crippen MR) is 74.5 cm³/mol. The molecule has 0 aliphatic carbocycles. The molecule has 0 aromatic rings. The third kappa shape index (κ3) is 2.62. The van der Waals surface area contributed by atoms with Crippen LogP contribution in [0.4, 0.5) is 0 Å². The normalized spacial score (nSPS) is 27.9. The minimum atomic E-state index is -0.233. The van der Waals surface area contributed by atoms with Gasteiger partial charge in [0.25, 0.3) is 0 Å². The zero-order valence-electron chi connectivity index (χ0n) is 12.0. The molecule has 0 bridgehead atoms. The Labute approximate surface area is 118 Å². The second-order valence-electron chi connectivity index (χ2n) is 5.63. The van der Waals surface area contributed by atoms with Crippen LogP contribution in [0.2, 0.25) is 0 Å². The number of methoxy groups -OCH3 is 1. The number of fused-ring (bicyclic) bond motifs is 1. The number of rotatable bonds is 2. The van der Waals surface area contributed by atoms with E-state index in [-0.39, 0.29) is 11.7 Å². The predicted octanol–water partition coefficient (Wildman–Crippen LogP) is -0.366. The molecular weight excluding hydrogens is 260 g/mol. The minimum Gasteiger partial charge on any atom is -0.382 e. The van der Waals surface area contributed by atoms with Gasteiger partial charge in [0.15, 0.2) is 11.7 Å². The molecule has 20 heavy (non-hydrogen) atoms. The van der Waals surface area contributed by atoms with Crippen LogP contribution in [0.15, 0.2) is 22.4 Å². The van der Waals surface area contributed by atoms with Gasteiger partial charge in [0.05, 0.1) is 18.3 Å². The van der Waals surface area contributed by atoms with Gasteiger partial charge in [0.1, 0.15) is 0 Å². The molecule has 0 spiro atoms. The first kappa shape index (κ1) is 13.3. The first-order valence-corrected chi connectivity index (χ1v) is 6.64. The monoisotopic (exact) mass is 280 g/mol. The number of nitrogens with zero attached hydrogens (tertiary/aromatic N) is 4. The van der Waals surface area contributed by atoms with Crippen molar-refractivity contribution in [1.29, 1.82) is 0 Å². The van der Waals surface area contributed by atoms with E-state index in [4.69, 9.17) is 9.47 Å². The van der Waals surface area contributed by atoms with Crippen LogP contribution in [-0.2, 0) is 9.47 Å². The molecule has 110 valence electrons. The maximum atomic E-state index is 6.01. The Balaban J connectivity index is 1.76. The van der Waals surface area contributed by atoms with Gasteiger partial charge in [-0.25, -0.2) is 5.53 Å². The lowest BCUT2D eigenvalue weighted by atomic mass is 10.0. The van der Waals surface area contributed by atoms with Gasteiger partial charge in [0.2, 0.25) is 0 Å². The number of morpholine rings is 1. The largest absolute Gasteiger partial charge is 0.382 e. The molecule has 0 radical (unpaired) electrons. The second-order valence-corrected chi connectivity index (χ2v) is 5.63. The summed E-state index contributed by atoms with van der Waals surface area (Å²) in [5, 5.41) is 10.2. The summed E-state index contributed by atoms with van der Waals surface area (Å²) in [4.78, 5) is 2.21. The van der Waals surface area contributed by atoms with Crippen LogP contribution in [-0.4, -0.2) is 60.2 Å². The second kappa shape index (κ2) is 5.04. The summed E-state index contributed by atoms with van der Waals surface area (Å²) in [7, 11) is 1.69. The van der Waals surface area contributed by atoms with Gasteiger partial charge in [-0.15, -0.1) is 15.7 Å². The average Bonchev–Trinajstić information content (AvgIpc) is 2.84. The van der Waals surface area contributed by atoms with E-state index in [0.717, 1.165) is 24.8 Å². The molecule has 3 rings (SSSR count). The molecule has 0 aromatic carbocycles. The zero-order chi connectivity index (χ0) is 14.2. The molecule has 1 fully saturated rings. The van der Waals surface area contributed by atoms with Gasteiger partial charge >= 0.3 is 0 Å². The van der Waals surface area contributed by atoms with Gasteiger partial charge in [-0.1, -0.05) is 0 Å². The van der Waals surface area contributed by atoms with Crippen molar-refractivity contribution in [1.82, 2.24) is 21.1 Å². The molecule has 3 aliphatic rings. The Morgan fingerprint density at radius 1 is 1.45 bits per heavy atom. The Morgan fingerprint density at radius 3 is 3.05 bits per heavy atom. The highest BCUT2D eigenvalue weighted by Crippen LogP contribution is 2.22. The van der Waals surface area contributed by atoms with E-state index in [2.05, 4.69) is 40.0 Å². The summed E-state index contributed by atoms with van der Waals surface area (Å²) in [5.74, 6) is 1.63. The van der Waals surface area contributed by atoms with Crippen LogP contribution in [0, 0.1) is 0 Å². The van der Waals surface area contributed by atoms with E-state index >= 15 is 0 Å². The van der Waals surface area contributed by atoms with Gasteiger partial charge in [0, 0.05) is 20.2 Å². The smallest absolute Gasteiger partial charge is 0.189 e. The molecule has 0 saturated carbocycles. The van der Waals surface area contributed by atoms with E-state index in [1.165, 1.54) is 0 Å². The summed E-state index contributed by atoms with van der Waals surface area (Å²) in [6.07, 6.45) is 3.93. The molecule has 1 saturated heterocycles. The van der Waals surface area contributed by atoms with Gasteiger partial charge in [-0.05, 0) is 26.0 Å². The molecule has 1 unspecified atom stereocenters. The van der Waals surface area contributed by atoms with Crippen molar-refractivity contribution in [3.05, 3.63) is 12.2 Å². The quantitative estimate of drug-likeness (QED) is 0.719. The lowest BCUT2D eigenvalue weighted by molar-refractivity contribution is -0.138. The van der Waals surface area contributed by atoms with Crippen LogP contribution in [0.25, 0.3) is 0 Å². The SMILES string of the molecule is COCC1CN(C2=NN3NNN=C3C=C2)CC(C)(C)O1. The topological polar surface area (TPSA) is 73.7 Å². The Morgan fingerprint density at radius 2 is 2.25 bits per heavy atom. The third-order valence-corrected chi connectivity index (χ3v) is 3.29. The number of hydrazone groups is 2. The zero-order valence-corrected chi connectivity index (χ0v) is 12.0. The van der Waals surface area contributed by atoms with Gasteiger partial charge in [-0.2, -0.15) is 5.12 Å². The van der Waals surface area contributed by atoms with Crippen molar-refractivity contribution in [3.63, 3.8) is 0 Å². The van der Waals surface area contributed by atoms with E-state index in [1.807, 2.05) is 12.2 Å². The van der Waals surface area contributed by atoms with Crippen molar-refractivity contribution >= 4 is 11.7 Å². The third-order valence-electron chi connectivity index (χ3n) is 3.29. The average molecular weight is 280 g/mol. The Bertz CT molecular complexity index is 473. The van der Waals surface area contributed by atoms with E-state index in [9.17, 15) is 0 Å². The van der Waals surface area contributed by atoms with Gasteiger partial charge < -0.3 is 14.4 Å². The number of amidine groups is 2. The van der Waals surface area contributed by atoms with Crippen molar-refractivity contribution in [2.45, 2.75) is 25.6 Å². The molecule has 2 N–H and O–H groups in total. The van der Waals surface area contributed by atoms with Crippen LogP contribution in [0.5, 0.6) is 0 Å². The minimum absolute atomic E-state index is 0.0413. The summed E-state index contributed by atoms with van der Waals surface area (Å²) < 4.78 is 11.2. The van der Waals surface area contributed by atoms with Crippen LogP contribution >= 0.6 is 0 Å². The van der Waals surface area contributed by atoms with E-state index in [0.29, 0.717) is 6.61 Å². The summed E-state index contributed by atoms with van der Waals surface area (Å²) in [6, 6.07) is 0. The molecule has 3 aliphatic heterocycles.